The number of fused-ring (bicyclic) bond motifs is 1. The van der Waals surface area contributed by atoms with Crippen molar-refractivity contribution in [3.63, 3.8) is 0 Å². The van der Waals surface area contributed by atoms with Crippen LogP contribution in [0.2, 0.25) is 0 Å². The Morgan fingerprint density at radius 3 is 1.67 bits per heavy atom. The van der Waals surface area contributed by atoms with Crippen LogP contribution in [0.5, 0.6) is 17.2 Å². The molecule has 326 valence electrons. The van der Waals surface area contributed by atoms with Crippen molar-refractivity contribution in [3.8, 4) is 28.6 Å². The van der Waals surface area contributed by atoms with Crippen LogP contribution in [0.25, 0.3) is 11.3 Å². The van der Waals surface area contributed by atoms with Gasteiger partial charge in [0, 0.05) is 45.1 Å². The number of alkyl halides is 2. The summed E-state index contributed by atoms with van der Waals surface area (Å²) >= 11 is 34.2. The van der Waals surface area contributed by atoms with Crippen LogP contribution < -0.4 is 15.8 Å². The van der Waals surface area contributed by atoms with Crippen molar-refractivity contribution in [3.05, 3.63) is 110 Å². The summed E-state index contributed by atoms with van der Waals surface area (Å²) in [7, 11) is 6.83. The Labute approximate surface area is 388 Å². The van der Waals surface area contributed by atoms with Gasteiger partial charge in [0.2, 0.25) is 10.7 Å². The Hall–Kier alpha value is -3.37. The van der Waals surface area contributed by atoms with E-state index < -0.39 is 39.3 Å². The number of ether oxygens (including phenoxy) is 2. The first-order valence-electron chi connectivity index (χ1n) is 15.3. The first-order chi connectivity index (χ1) is 28.2. The molecule has 0 aromatic carbocycles. The molecule has 15 nitrogen and oxygen atoms in total. The number of furan rings is 1. The number of aromatic hydroxyl groups is 2. The number of carbonyl (C=O) groups excluding carboxylic acids is 4. The second kappa shape index (κ2) is 35.2. The van der Waals surface area contributed by atoms with E-state index in [2.05, 4.69) is 48.8 Å². The highest BCUT2D eigenvalue weighted by atomic mass is 35.5. The maximum Gasteiger partial charge on any atom is 0.339 e. The monoisotopic (exact) mass is 1060 g/mol. The minimum atomic E-state index is -0.699. The lowest BCUT2D eigenvalue weighted by Gasteiger charge is -2.03. The van der Waals surface area contributed by atoms with E-state index in [0.717, 1.165) is 24.9 Å². The molecule has 0 amide bonds. The van der Waals surface area contributed by atoms with Crippen molar-refractivity contribution in [1.82, 2.24) is 0 Å². The zero-order valence-corrected chi connectivity index (χ0v) is 40.9. The SMILES string of the molecule is CC(=O)OC(C)=O.CC(Cl)C(=O)Cl.CC(Cl)C(=O)Oc1coccc1=S.Cc1c2ccocc-2oc1=O.O=c1ccocc1O.Oc1coccc1=S.S=PP=S=S=S=S. The van der Waals surface area contributed by atoms with Gasteiger partial charge in [0.05, 0.1) is 34.1 Å². The molecule has 0 saturated heterocycles. The average molecular weight is 1060 g/mol. The summed E-state index contributed by atoms with van der Waals surface area (Å²) in [6, 6.07) is 5.91. The summed E-state index contributed by atoms with van der Waals surface area (Å²) < 4.78 is 33.1. The van der Waals surface area contributed by atoms with Crippen molar-refractivity contribution in [2.24, 2.45) is 0 Å². The molecule has 5 rings (SSSR count). The van der Waals surface area contributed by atoms with E-state index in [0.29, 0.717) is 20.3 Å². The quantitative estimate of drug-likeness (QED) is 0.0426. The van der Waals surface area contributed by atoms with Gasteiger partial charge in [-0.05, 0) is 101 Å². The standard InChI is InChI=1S/C8H7ClO3S.C8H6O3.C5H4O3.C5H4O2S.C4H6O3.C3H4Cl2O.P2S5/c1-5(9)8(10)12-6-4-11-3-2-7(6)13;1-5-6-2-3-10-4-7(6)11-8(5)9;6-4-1-2-8-3-5(4)7;6-4-3-7-2-1-5(4)8;1-3(5)7-4(2)6;1-2(4)3(5)6;3-1-2-5-7-6-4/h2-5H,1H3;2-4H,1H3;1-3,7H;1-3,6H;1-2H3;2H,1H3;. The third-order valence-electron chi connectivity index (χ3n) is 5.10. The molecule has 3 aromatic heterocycles. The number of hydrogen-bond donors (Lipinski definition) is 2. The van der Waals surface area contributed by atoms with Gasteiger partial charge in [0.1, 0.15) is 35.8 Å². The van der Waals surface area contributed by atoms with Gasteiger partial charge in [-0.1, -0.05) is 24.4 Å². The Kier molecular flexibility index (Phi) is 34.5. The van der Waals surface area contributed by atoms with Crippen LogP contribution in [0.1, 0.15) is 33.3 Å². The van der Waals surface area contributed by atoms with Crippen molar-refractivity contribution < 1.29 is 61.0 Å². The number of halogens is 3. The molecule has 0 fully saturated rings. The lowest BCUT2D eigenvalue weighted by atomic mass is 10.2. The Bertz CT molecular complexity index is 2400. The molecule has 2 aliphatic rings. The minimum absolute atomic E-state index is 0.0162. The van der Waals surface area contributed by atoms with Crippen LogP contribution in [0.3, 0.4) is 0 Å². The molecule has 3 aromatic rings. The third kappa shape index (κ3) is 29.8. The van der Waals surface area contributed by atoms with E-state index in [-0.39, 0.29) is 22.9 Å². The van der Waals surface area contributed by atoms with Crippen LogP contribution in [0.4, 0.5) is 0 Å². The second-order valence-electron chi connectivity index (χ2n) is 9.66. The van der Waals surface area contributed by atoms with Gasteiger partial charge in [0.25, 0.3) is 0 Å². The van der Waals surface area contributed by atoms with Crippen LogP contribution in [-0.2, 0) is 74.2 Å². The third-order valence-corrected chi connectivity index (χ3v) is 16.6. The predicted molar refractivity (Wildman–Crippen MR) is 246 cm³/mol. The smallest absolute Gasteiger partial charge is 0.339 e. The molecular formula is C33H31Cl3O15P2S7. The zero-order valence-electron chi connectivity index (χ0n) is 31.2. The molecule has 27 heteroatoms. The van der Waals surface area contributed by atoms with Gasteiger partial charge in [-0.25, -0.2) is 4.79 Å². The number of carbonyl (C=O) groups is 4. The Morgan fingerprint density at radius 2 is 1.30 bits per heavy atom. The predicted octanol–water partition coefficient (Wildman–Crippen LogP) is 9.43. The van der Waals surface area contributed by atoms with Crippen molar-refractivity contribution >= 4 is 147 Å². The number of hydrogen-bond acceptors (Lipinski definition) is 19. The largest absolute Gasteiger partial charge is 0.504 e. The van der Waals surface area contributed by atoms with E-state index in [1.807, 2.05) is 0 Å². The fourth-order valence-electron chi connectivity index (χ4n) is 2.57. The Morgan fingerprint density at radius 1 is 0.800 bits per heavy atom. The first kappa shape index (κ1) is 58.7. The molecule has 0 aliphatic carbocycles. The van der Waals surface area contributed by atoms with E-state index in [9.17, 15) is 28.8 Å². The summed E-state index contributed by atoms with van der Waals surface area (Å²) in [5, 5.41) is 15.5. The molecule has 2 N–H and O–H groups in total. The summed E-state index contributed by atoms with van der Waals surface area (Å²) in [5.41, 5.74) is 0.745. The second-order valence-corrected chi connectivity index (χ2v) is 21.9. The van der Waals surface area contributed by atoms with Crippen LogP contribution in [0, 0.1) is 15.9 Å². The highest BCUT2D eigenvalue weighted by Crippen LogP contribution is 2.22. The van der Waals surface area contributed by atoms with Gasteiger partial charge in [-0.2, -0.15) is 0 Å². The van der Waals surface area contributed by atoms with Crippen LogP contribution in [-0.4, -0.2) is 44.1 Å². The highest BCUT2D eigenvalue weighted by molar-refractivity contribution is 8.63. The van der Waals surface area contributed by atoms with E-state index >= 15 is 0 Å². The summed E-state index contributed by atoms with van der Waals surface area (Å²) in [5.74, 6) is -1.28. The van der Waals surface area contributed by atoms with E-state index in [1.165, 1.54) is 99.6 Å². The molecule has 2 aliphatic heterocycles. The fourth-order valence-corrected chi connectivity index (χ4v) is 12.5. The Balaban J connectivity index is 0. The van der Waals surface area contributed by atoms with Gasteiger partial charge < -0.3 is 41.8 Å². The molecule has 0 bridgehead atoms. The molecule has 60 heavy (non-hydrogen) atoms. The maximum absolute atomic E-state index is 11.0. The molecular weight excluding hydrogens is 1030 g/mol. The average Bonchev–Trinajstić information content (AvgIpc) is 3.48. The molecule has 0 saturated carbocycles. The summed E-state index contributed by atoms with van der Waals surface area (Å²) in [4.78, 5) is 61.7. The van der Waals surface area contributed by atoms with Crippen molar-refractivity contribution in [2.75, 3.05) is 0 Å². The summed E-state index contributed by atoms with van der Waals surface area (Å²) in [6.45, 7) is 7.14. The molecule has 0 radical (unpaired) electrons. The first-order valence-corrected chi connectivity index (χ1v) is 25.8. The van der Waals surface area contributed by atoms with Gasteiger partial charge in [-0.3, -0.25) is 24.0 Å². The van der Waals surface area contributed by atoms with Gasteiger partial charge in [-0.15, -0.1) is 23.2 Å². The molecule has 0 spiro atoms. The minimum Gasteiger partial charge on any atom is -0.504 e. The number of esters is 3. The van der Waals surface area contributed by atoms with Gasteiger partial charge in [0.15, 0.2) is 23.0 Å². The lowest BCUT2D eigenvalue weighted by molar-refractivity contribution is -0.156. The number of rotatable bonds is 4. The normalized spacial score (nSPS) is 10.3. The van der Waals surface area contributed by atoms with E-state index in [1.54, 1.807) is 31.4 Å². The topological polar surface area (TPSA) is 227 Å². The molecule has 2 atom stereocenters. The summed E-state index contributed by atoms with van der Waals surface area (Å²) in [6.07, 6.45) is 10.4. The van der Waals surface area contributed by atoms with Crippen LogP contribution in [0.15, 0.2) is 106 Å². The molecule has 2 unspecified atom stereocenters. The van der Waals surface area contributed by atoms with Crippen molar-refractivity contribution in [1.29, 1.82) is 0 Å². The lowest BCUT2D eigenvalue weighted by Crippen LogP contribution is -2.17. The van der Waals surface area contributed by atoms with Gasteiger partial charge >= 0.3 is 23.5 Å². The zero-order chi connectivity index (χ0) is 46.2. The van der Waals surface area contributed by atoms with Crippen molar-refractivity contribution in [2.45, 2.75) is 45.4 Å². The maximum atomic E-state index is 11.0. The van der Waals surface area contributed by atoms with E-state index in [4.69, 9.17) is 75.2 Å². The fraction of sp³-hybridized carbons (Fsp3) is 0.212. The van der Waals surface area contributed by atoms with Crippen LogP contribution >= 0.6 is 73.3 Å². The highest BCUT2D eigenvalue weighted by Gasteiger charge is 2.13. The molecule has 5 heterocycles.